The fourth-order valence-corrected chi connectivity index (χ4v) is 2.56. The first-order chi connectivity index (χ1) is 10.6. The molecule has 0 N–H and O–H groups in total. The van der Waals surface area contributed by atoms with E-state index >= 15 is 0 Å². The van der Waals surface area contributed by atoms with Crippen LogP contribution in [0.4, 0.5) is 5.82 Å². The zero-order valence-electron chi connectivity index (χ0n) is 13.4. The summed E-state index contributed by atoms with van der Waals surface area (Å²) in [5.41, 5.74) is 0. The molecule has 0 atom stereocenters. The molecule has 0 unspecified atom stereocenters. The predicted molar refractivity (Wildman–Crippen MR) is 82.6 cm³/mol. The first-order valence-corrected chi connectivity index (χ1v) is 7.71. The number of aryl methyl sites for hydroxylation is 1. The molecule has 0 aliphatic carbocycles. The van der Waals surface area contributed by atoms with E-state index in [1.54, 1.807) is 0 Å². The molecule has 118 valence electrons. The summed E-state index contributed by atoms with van der Waals surface area (Å²) < 4.78 is 5.02. The highest BCUT2D eigenvalue weighted by Gasteiger charge is 2.20. The highest BCUT2D eigenvalue weighted by atomic mass is 16.5. The molecular formula is C15H22N6O. The lowest BCUT2D eigenvalue weighted by Crippen LogP contribution is -2.46. The Kier molecular flexibility index (Phi) is 4.33. The van der Waals surface area contributed by atoms with Crippen LogP contribution < -0.4 is 4.90 Å². The first-order valence-electron chi connectivity index (χ1n) is 7.71. The Morgan fingerprint density at radius 3 is 2.59 bits per heavy atom. The van der Waals surface area contributed by atoms with E-state index in [-0.39, 0.29) is 0 Å². The van der Waals surface area contributed by atoms with Crippen LogP contribution in [0.3, 0.4) is 0 Å². The third-order valence-corrected chi connectivity index (χ3v) is 3.81. The number of anilines is 1. The van der Waals surface area contributed by atoms with E-state index in [1.807, 2.05) is 19.2 Å². The van der Waals surface area contributed by atoms with Crippen LogP contribution >= 0.6 is 0 Å². The van der Waals surface area contributed by atoms with Crippen LogP contribution in [0.5, 0.6) is 0 Å². The highest BCUT2D eigenvalue weighted by molar-refractivity contribution is 5.38. The Hall–Kier alpha value is -2.02. The quantitative estimate of drug-likeness (QED) is 0.849. The SMILES string of the molecule is Cc1nc(CN2CCN(c3ccnc(C(C)C)n3)CC2)no1. The first kappa shape index (κ1) is 14.9. The largest absolute Gasteiger partial charge is 0.354 e. The van der Waals surface area contributed by atoms with E-state index in [9.17, 15) is 0 Å². The van der Waals surface area contributed by atoms with Crippen LogP contribution in [-0.4, -0.2) is 51.2 Å². The van der Waals surface area contributed by atoms with E-state index in [0.717, 1.165) is 50.2 Å². The van der Waals surface area contributed by atoms with Crippen LogP contribution in [0.25, 0.3) is 0 Å². The molecule has 3 rings (SSSR count). The van der Waals surface area contributed by atoms with Gasteiger partial charge in [-0.15, -0.1) is 0 Å². The summed E-state index contributed by atoms with van der Waals surface area (Å²) in [6.07, 6.45) is 1.85. The van der Waals surface area contributed by atoms with Gasteiger partial charge in [0, 0.05) is 45.2 Å². The van der Waals surface area contributed by atoms with E-state index in [4.69, 9.17) is 4.52 Å². The van der Waals surface area contributed by atoms with Crippen LogP contribution in [0.2, 0.25) is 0 Å². The van der Waals surface area contributed by atoms with E-state index in [0.29, 0.717) is 11.8 Å². The summed E-state index contributed by atoms with van der Waals surface area (Å²) in [6, 6.07) is 1.99. The normalized spacial score (nSPS) is 16.5. The number of piperazine rings is 1. The van der Waals surface area contributed by atoms with Crippen LogP contribution in [0.15, 0.2) is 16.8 Å². The van der Waals surface area contributed by atoms with Crippen molar-refractivity contribution >= 4 is 5.82 Å². The monoisotopic (exact) mass is 302 g/mol. The lowest BCUT2D eigenvalue weighted by molar-refractivity contribution is 0.239. The van der Waals surface area contributed by atoms with Crippen molar-refractivity contribution in [2.24, 2.45) is 0 Å². The minimum atomic E-state index is 0.350. The second kappa shape index (κ2) is 6.39. The Bertz CT molecular complexity index is 618. The summed E-state index contributed by atoms with van der Waals surface area (Å²) in [5, 5.41) is 3.96. The molecule has 2 aromatic heterocycles. The van der Waals surface area contributed by atoms with Gasteiger partial charge in [-0.1, -0.05) is 19.0 Å². The van der Waals surface area contributed by atoms with E-state index in [2.05, 4.69) is 43.8 Å². The number of nitrogens with zero attached hydrogens (tertiary/aromatic N) is 6. The predicted octanol–water partition coefficient (Wildman–Crippen LogP) is 1.61. The zero-order valence-corrected chi connectivity index (χ0v) is 13.4. The molecular weight excluding hydrogens is 280 g/mol. The van der Waals surface area contributed by atoms with Gasteiger partial charge in [0.25, 0.3) is 0 Å². The van der Waals surface area contributed by atoms with Crippen molar-refractivity contribution in [3.63, 3.8) is 0 Å². The third-order valence-electron chi connectivity index (χ3n) is 3.81. The molecule has 3 heterocycles. The summed E-state index contributed by atoms with van der Waals surface area (Å²) in [5.74, 6) is 3.66. The Labute approximate surface area is 130 Å². The molecule has 1 fully saturated rings. The molecule has 0 saturated carbocycles. The van der Waals surface area contributed by atoms with Crippen molar-refractivity contribution in [1.82, 2.24) is 25.0 Å². The lowest BCUT2D eigenvalue weighted by Gasteiger charge is -2.34. The molecule has 1 saturated heterocycles. The van der Waals surface area contributed by atoms with Crippen molar-refractivity contribution in [3.05, 3.63) is 29.8 Å². The number of aromatic nitrogens is 4. The smallest absolute Gasteiger partial charge is 0.223 e. The molecule has 7 heteroatoms. The maximum Gasteiger partial charge on any atom is 0.223 e. The lowest BCUT2D eigenvalue weighted by atomic mass is 10.2. The Morgan fingerprint density at radius 2 is 1.95 bits per heavy atom. The number of rotatable bonds is 4. The van der Waals surface area contributed by atoms with Gasteiger partial charge < -0.3 is 9.42 Å². The van der Waals surface area contributed by atoms with Crippen molar-refractivity contribution in [2.45, 2.75) is 33.2 Å². The minimum absolute atomic E-state index is 0.350. The van der Waals surface area contributed by atoms with Crippen LogP contribution in [0, 0.1) is 6.92 Å². The topological polar surface area (TPSA) is 71.2 Å². The number of hydrogen-bond acceptors (Lipinski definition) is 7. The zero-order chi connectivity index (χ0) is 15.5. The van der Waals surface area contributed by atoms with Gasteiger partial charge in [0.2, 0.25) is 5.89 Å². The molecule has 0 aromatic carbocycles. The van der Waals surface area contributed by atoms with Gasteiger partial charge in [0.05, 0.1) is 6.54 Å². The van der Waals surface area contributed by atoms with E-state index < -0.39 is 0 Å². The Balaban J connectivity index is 1.58. The van der Waals surface area contributed by atoms with E-state index in [1.165, 1.54) is 0 Å². The summed E-state index contributed by atoms with van der Waals surface area (Å²) >= 11 is 0. The number of hydrogen-bond donors (Lipinski definition) is 0. The van der Waals surface area contributed by atoms with Crippen molar-refractivity contribution in [3.8, 4) is 0 Å². The van der Waals surface area contributed by atoms with Gasteiger partial charge in [-0.3, -0.25) is 4.90 Å². The van der Waals surface area contributed by atoms with Gasteiger partial charge in [-0.2, -0.15) is 4.98 Å². The average Bonchev–Trinajstić information content (AvgIpc) is 2.93. The molecule has 0 spiro atoms. The summed E-state index contributed by atoms with van der Waals surface area (Å²) in [7, 11) is 0. The average molecular weight is 302 g/mol. The standard InChI is InChI=1S/C15H22N6O/c1-11(2)15-16-5-4-14(18-15)21-8-6-20(7-9-21)10-13-17-12(3)22-19-13/h4-5,11H,6-10H2,1-3H3. The molecule has 22 heavy (non-hydrogen) atoms. The fraction of sp³-hybridized carbons (Fsp3) is 0.600. The molecule has 1 aliphatic rings. The second-order valence-corrected chi connectivity index (χ2v) is 5.92. The minimum Gasteiger partial charge on any atom is -0.354 e. The third kappa shape index (κ3) is 3.41. The summed E-state index contributed by atoms with van der Waals surface area (Å²) in [4.78, 5) is 17.9. The molecule has 2 aromatic rings. The molecule has 0 radical (unpaired) electrons. The second-order valence-electron chi connectivity index (χ2n) is 5.92. The molecule has 7 nitrogen and oxygen atoms in total. The van der Waals surface area contributed by atoms with Gasteiger partial charge in [0.15, 0.2) is 5.82 Å². The van der Waals surface area contributed by atoms with Crippen LogP contribution in [0.1, 0.15) is 37.3 Å². The summed E-state index contributed by atoms with van der Waals surface area (Å²) in [6.45, 7) is 10.6. The molecule has 0 bridgehead atoms. The van der Waals surface area contributed by atoms with Gasteiger partial charge >= 0.3 is 0 Å². The van der Waals surface area contributed by atoms with Gasteiger partial charge in [-0.05, 0) is 6.07 Å². The molecule has 1 aliphatic heterocycles. The fourth-order valence-electron chi connectivity index (χ4n) is 2.56. The van der Waals surface area contributed by atoms with Crippen molar-refractivity contribution in [2.75, 3.05) is 31.1 Å². The maximum atomic E-state index is 5.02. The van der Waals surface area contributed by atoms with Gasteiger partial charge in [0.1, 0.15) is 11.6 Å². The van der Waals surface area contributed by atoms with Gasteiger partial charge in [-0.25, -0.2) is 9.97 Å². The van der Waals surface area contributed by atoms with Crippen molar-refractivity contribution < 1.29 is 4.52 Å². The Morgan fingerprint density at radius 1 is 1.18 bits per heavy atom. The molecule has 0 amide bonds. The van der Waals surface area contributed by atoms with Crippen LogP contribution in [-0.2, 0) is 6.54 Å². The van der Waals surface area contributed by atoms with Crippen molar-refractivity contribution in [1.29, 1.82) is 0 Å². The maximum absolute atomic E-state index is 5.02. The highest BCUT2D eigenvalue weighted by Crippen LogP contribution is 2.17.